The summed E-state index contributed by atoms with van der Waals surface area (Å²) in [5, 5.41) is 0. The number of nitrogens with zero attached hydrogens (tertiary/aromatic N) is 3. The molecular weight excluding hydrogens is 421 g/mol. The summed E-state index contributed by atoms with van der Waals surface area (Å²) in [6.45, 7) is 1.27. The molecule has 1 saturated heterocycles. The van der Waals surface area contributed by atoms with Crippen molar-refractivity contribution in [3.8, 4) is 11.8 Å². The van der Waals surface area contributed by atoms with Crippen molar-refractivity contribution in [2.45, 2.75) is 18.9 Å². The predicted octanol–water partition coefficient (Wildman–Crippen LogP) is 2.77. The number of rotatable bonds is 4. The van der Waals surface area contributed by atoms with E-state index in [1.165, 1.54) is 7.11 Å². The quantitative estimate of drug-likeness (QED) is 0.686. The largest absolute Gasteiger partial charge is 0.477 e. The molecule has 126 valence electrons. The molecule has 3 rings (SSSR count). The molecule has 6 nitrogen and oxygen atoms in total. The lowest BCUT2D eigenvalue weighted by Crippen LogP contribution is -2.44. The lowest BCUT2D eigenvalue weighted by Gasteiger charge is -2.32. The first kappa shape index (κ1) is 16.9. The van der Waals surface area contributed by atoms with Crippen LogP contribution in [0.5, 0.6) is 11.8 Å². The highest BCUT2D eigenvalue weighted by atomic mass is 127. The van der Waals surface area contributed by atoms with E-state index in [0.29, 0.717) is 23.9 Å². The summed E-state index contributed by atoms with van der Waals surface area (Å²) in [4.78, 5) is 22.8. The third-order valence-electron chi connectivity index (χ3n) is 3.84. The van der Waals surface area contributed by atoms with Gasteiger partial charge in [-0.2, -0.15) is 0 Å². The summed E-state index contributed by atoms with van der Waals surface area (Å²) < 4.78 is 12.1. The van der Waals surface area contributed by atoms with Gasteiger partial charge in [0.25, 0.3) is 17.7 Å². The molecule has 0 radical (unpaired) electrons. The van der Waals surface area contributed by atoms with Gasteiger partial charge in [0.15, 0.2) is 0 Å². The topological polar surface area (TPSA) is 64.6 Å². The van der Waals surface area contributed by atoms with Gasteiger partial charge < -0.3 is 14.4 Å². The number of halogens is 1. The SMILES string of the molecule is COc1nccnc1OC1CCCN(C(=O)c2cccc(I)c2)C1. The van der Waals surface area contributed by atoms with Crippen LogP contribution in [0.15, 0.2) is 36.7 Å². The molecule has 2 heterocycles. The fourth-order valence-corrected chi connectivity index (χ4v) is 3.26. The summed E-state index contributed by atoms with van der Waals surface area (Å²) in [5.41, 5.74) is 0.708. The van der Waals surface area contributed by atoms with Crippen LogP contribution < -0.4 is 9.47 Å². The number of ether oxygens (including phenoxy) is 2. The Kier molecular flexibility index (Phi) is 5.49. The van der Waals surface area contributed by atoms with Gasteiger partial charge in [0.05, 0.1) is 13.7 Å². The third-order valence-corrected chi connectivity index (χ3v) is 4.51. The average Bonchev–Trinajstić information content (AvgIpc) is 2.62. The number of methoxy groups -OCH3 is 1. The Morgan fingerprint density at radius 1 is 1.29 bits per heavy atom. The van der Waals surface area contributed by atoms with Gasteiger partial charge in [0.1, 0.15) is 6.10 Å². The van der Waals surface area contributed by atoms with Crippen LogP contribution in [0.2, 0.25) is 0 Å². The van der Waals surface area contributed by atoms with Crippen molar-refractivity contribution in [2.24, 2.45) is 0 Å². The van der Waals surface area contributed by atoms with Crippen molar-refractivity contribution in [3.63, 3.8) is 0 Å². The van der Waals surface area contributed by atoms with Crippen molar-refractivity contribution in [2.75, 3.05) is 20.2 Å². The second kappa shape index (κ2) is 7.78. The van der Waals surface area contributed by atoms with Crippen molar-refractivity contribution in [1.82, 2.24) is 14.9 Å². The van der Waals surface area contributed by atoms with Gasteiger partial charge in [-0.15, -0.1) is 0 Å². The molecule has 1 aromatic heterocycles. The number of likely N-dealkylation sites (tertiary alicyclic amines) is 1. The number of carbonyl (C=O) groups excluding carboxylic acids is 1. The van der Waals surface area contributed by atoms with Crippen molar-refractivity contribution < 1.29 is 14.3 Å². The standard InChI is InChI=1S/C17H18IN3O3/c1-23-15-16(20-8-7-19-15)24-14-6-3-9-21(11-14)17(22)12-4-2-5-13(18)10-12/h2,4-5,7-8,10,14H,3,6,9,11H2,1H3. The zero-order chi connectivity index (χ0) is 16.9. The van der Waals surface area contributed by atoms with E-state index in [1.54, 1.807) is 12.4 Å². The van der Waals surface area contributed by atoms with Crippen LogP contribution in [-0.2, 0) is 0 Å². The Morgan fingerprint density at radius 3 is 2.83 bits per heavy atom. The molecule has 0 saturated carbocycles. The number of aromatic nitrogens is 2. The lowest BCUT2D eigenvalue weighted by molar-refractivity contribution is 0.0519. The van der Waals surface area contributed by atoms with Crippen LogP contribution >= 0.6 is 22.6 Å². The van der Waals surface area contributed by atoms with Gasteiger partial charge in [-0.25, -0.2) is 9.97 Å². The molecule has 2 aromatic rings. The Hall–Kier alpha value is -1.90. The fourth-order valence-electron chi connectivity index (χ4n) is 2.71. The highest BCUT2D eigenvalue weighted by Crippen LogP contribution is 2.24. The Morgan fingerprint density at radius 2 is 2.08 bits per heavy atom. The number of hydrogen-bond acceptors (Lipinski definition) is 5. The number of piperidine rings is 1. The Labute approximate surface area is 154 Å². The van der Waals surface area contributed by atoms with E-state index in [9.17, 15) is 4.79 Å². The third kappa shape index (κ3) is 3.95. The summed E-state index contributed by atoms with van der Waals surface area (Å²) >= 11 is 2.21. The van der Waals surface area contributed by atoms with E-state index in [4.69, 9.17) is 9.47 Å². The number of hydrogen-bond donors (Lipinski definition) is 0. The summed E-state index contributed by atoms with van der Waals surface area (Å²) in [5.74, 6) is 0.764. The van der Waals surface area contributed by atoms with Gasteiger partial charge in [-0.1, -0.05) is 6.07 Å². The molecule has 1 aromatic carbocycles. The molecule has 0 bridgehead atoms. The minimum Gasteiger partial charge on any atom is -0.477 e. The van der Waals surface area contributed by atoms with Gasteiger partial charge in [-0.3, -0.25) is 4.79 Å². The highest BCUT2D eigenvalue weighted by Gasteiger charge is 2.27. The summed E-state index contributed by atoms with van der Waals surface area (Å²) in [7, 11) is 1.53. The van der Waals surface area contributed by atoms with Crippen LogP contribution in [0.3, 0.4) is 0 Å². The van der Waals surface area contributed by atoms with E-state index in [0.717, 1.165) is 23.0 Å². The zero-order valence-electron chi connectivity index (χ0n) is 13.3. The summed E-state index contributed by atoms with van der Waals surface area (Å²) in [6, 6.07) is 7.62. The highest BCUT2D eigenvalue weighted by molar-refractivity contribution is 14.1. The monoisotopic (exact) mass is 439 g/mol. The van der Waals surface area contributed by atoms with Gasteiger partial charge >= 0.3 is 0 Å². The molecule has 1 atom stereocenters. The number of amides is 1. The molecular formula is C17H18IN3O3. The summed E-state index contributed by atoms with van der Waals surface area (Å²) in [6.07, 6.45) is 4.77. The van der Waals surface area contributed by atoms with E-state index in [-0.39, 0.29) is 12.0 Å². The Bertz CT molecular complexity index is 726. The molecule has 1 aliphatic heterocycles. The minimum absolute atomic E-state index is 0.0351. The molecule has 24 heavy (non-hydrogen) atoms. The first-order valence-corrected chi connectivity index (χ1v) is 8.81. The molecule has 1 aliphatic rings. The smallest absolute Gasteiger partial charge is 0.278 e. The van der Waals surface area contributed by atoms with Gasteiger partial charge in [-0.05, 0) is 53.6 Å². The van der Waals surface area contributed by atoms with Crippen LogP contribution in [0, 0.1) is 3.57 Å². The van der Waals surface area contributed by atoms with Crippen molar-refractivity contribution in [1.29, 1.82) is 0 Å². The maximum Gasteiger partial charge on any atom is 0.278 e. The van der Waals surface area contributed by atoms with Gasteiger partial charge in [0.2, 0.25) is 0 Å². The minimum atomic E-state index is -0.115. The van der Waals surface area contributed by atoms with E-state index in [2.05, 4.69) is 32.6 Å². The van der Waals surface area contributed by atoms with Crippen LogP contribution in [0.1, 0.15) is 23.2 Å². The van der Waals surface area contributed by atoms with Gasteiger partial charge in [0, 0.05) is 28.1 Å². The molecule has 1 unspecified atom stereocenters. The fraction of sp³-hybridized carbons (Fsp3) is 0.353. The zero-order valence-corrected chi connectivity index (χ0v) is 15.5. The van der Waals surface area contributed by atoms with Crippen LogP contribution in [0.25, 0.3) is 0 Å². The first-order chi connectivity index (χ1) is 11.7. The van der Waals surface area contributed by atoms with Crippen LogP contribution in [-0.4, -0.2) is 47.1 Å². The van der Waals surface area contributed by atoms with Crippen molar-refractivity contribution in [3.05, 3.63) is 45.8 Å². The lowest BCUT2D eigenvalue weighted by atomic mass is 10.1. The van der Waals surface area contributed by atoms with E-state index >= 15 is 0 Å². The normalized spacial score (nSPS) is 17.4. The Balaban J connectivity index is 1.69. The predicted molar refractivity (Wildman–Crippen MR) is 97.3 cm³/mol. The maximum absolute atomic E-state index is 12.7. The van der Waals surface area contributed by atoms with E-state index < -0.39 is 0 Å². The molecule has 0 N–H and O–H groups in total. The molecule has 7 heteroatoms. The molecule has 0 spiro atoms. The first-order valence-electron chi connectivity index (χ1n) is 7.74. The molecule has 0 aliphatic carbocycles. The average molecular weight is 439 g/mol. The number of carbonyl (C=O) groups is 1. The molecule has 1 amide bonds. The second-order valence-electron chi connectivity index (χ2n) is 5.51. The second-order valence-corrected chi connectivity index (χ2v) is 6.76. The van der Waals surface area contributed by atoms with Crippen molar-refractivity contribution >= 4 is 28.5 Å². The maximum atomic E-state index is 12.7. The van der Waals surface area contributed by atoms with E-state index in [1.807, 2.05) is 29.2 Å². The molecule has 1 fully saturated rings. The van der Waals surface area contributed by atoms with Crippen LogP contribution in [0.4, 0.5) is 0 Å². The number of benzene rings is 1.